The summed E-state index contributed by atoms with van der Waals surface area (Å²) in [6.07, 6.45) is 4.28. The first-order chi connectivity index (χ1) is 14.1. The van der Waals surface area contributed by atoms with Gasteiger partial charge in [0.05, 0.1) is 30.3 Å². The van der Waals surface area contributed by atoms with Gasteiger partial charge in [-0.05, 0) is 31.0 Å². The SMILES string of the molecule is O=C(c1cccc(=O)n1CCOc1ccccc1Cl)N1CCO[C@H]2CCCC[C@H]21. The van der Waals surface area contributed by atoms with E-state index in [-0.39, 0.29) is 36.8 Å². The van der Waals surface area contributed by atoms with Crippen LogP contribution in [0.5, 0.6) is 5.75 Å². The van der Waals surface area contributed by atoms with E-state index >= 15 is 0 Å². The number of morpholine rings is 1. The molecule has 1 amide bonds. The molecule has 0 N–H and O–H groups in total. The molecule has 4 rings (SSSR count). The van der Waals surface area contributed by atoms with E-state index in [1.54, 1.807) is 24.3 Å². The number of carbonyl (C=O) groups is 1. The second-order valence-corrected chi connectivity index (χ2v) is 7.85. The van der Waals surface area contributed by atoms with E-state index in [0.29, 0.717) is 29.6 Å². The van der Waals surface area contributed by atoms with Gasteiger partial charge in [-0.15, -0.1) is 0 Å². The number of halogens is 1. The molecule has 2 aliphatic rings. The third-order valence-electron chi connectivity index (χ3n) is 5.67. The number of pyridine rings is 1. The molecule has 29 heavy (non-hydrogen) atoms. The van der Waals surface area contributed by atoms with E-state index in [4.69, 9.17) is 21.1 Å². The van der Waals surface area contributed by atoms with Gasteiger partial charge < -0.3 is 18.9 Å². The zero-order valence-electron chi connectivity index (χ0n) is 16.3. The lowest BCUT2D eigenvalue weighted by molar-refractivity contribution is -0.0755. The van der Waals surface area contributed by atoms with Crippen LogP contribution in [0.15, 0.2) is 47.3 Å². The lowest BCUT2D eigenvalue weighted by atomic mass is 9.90. The van der Waals surface area contributed by atoms with Crippen LogP contribution in [0.3, 0.4) is 0 Å². The van der Waals surface area contributed by atoms with Gasteiger partial charge in [0.2, 0.25) is 0 Å². The zero-order valence-corrected chi connectivity index (χ0v) is 17.0. The molecule has 0 unspecified atom stereocenters. The fourth-order valence-corrected chi connectivity index (χ4v) is 4.43. The molecule has 1 aromatic carbocycles. The molecule has 1 saturated carbocycles. The molecule has 1 saturated heterocycles. The summed E-state index contributed by atoms with van der Waals surface area (Å²) in [6.45, 7) is 1.60. The predicted octanol–water partition coefficient (Wildman–Crippen LogP) is 3.36. The third kappa shape index (κ3) is 4.33. The Morgan fingerprint density at radius 1 is 1.14 bits per heavy atom. The summed E-state index contributed by atoms with van der Waals surface area (Å²) in [5.41, 5.74) is 0.179. The van der Waals surface area contributed by atoms with Crippen molar-refractivity contribution in [3.63, 3.8) is 0 Å². The zero-order chi connectivity index (χ0) is 20.2. The molecular formula is C22H25ClN2O4. The first kappa shape index (κ1) is 20.0. The maximum absolute atomic E-state index is 13.4. The van der Waals surface area contributed by atoms with E-state index in [0.717, 1.165) is 25.7 Å². The van der Waals surface area contributed by atoms with Crippen LogP contribution in [0, 0.1) is 0 Å². The lowest BCUT2D eigenvalue weighted by Gasteiger charge is -2.43. The molecule has 0 bridgehead atoms. The van der Waals surface area contributed by atoms with Crippen LogP contribution in [-0.4, -0.2) is 47.3 Å². The highest BCUT2D eigenvalue weighted by Crippen LogP contribution is 2.29. The van der Waals surface area contributed by atoms with Crippen LogP contribution in [0.25, 0.3) is 0 Å². The molecule has 0 radical (unpaired) electrons. The molecule has 1 aliphatic carbocycles. The Hall–Kier alpha value is -2.31. The first-order valence-electron chi connectivity index (χ1n) is 10.1. The molecular weight excluding hydrogens is 392 g/mol. The number of aromatic nitrogens is 1. The van der Waals surface area contributed by atoms with Crippen molar-refractivity contribution in [2.75, 3.05) is 19.8 Å². The molecule has 1 aliphatic heterocycles. The molecule has 6 nitrogen and oxygen atoms in total. The van der Waals surface area contributed by atoms with Crippen molar-refractivity contribution >= 4 is 17.5 Å². The summed E-state index contributed by atoms with van der Waals surface area (Å²) < 4.78 is 13.1. The van der Waals surface area contributed by atoms with Gasteiger partial charge in [-0.2, -0.15) is 0 Å². The smallest absolute Gasteiger partial charge is 0.271 e. The highest BCUT2D eigenvalue weighted by molar-refractivity contribution is 6.32. The largest absolute Gasteiger partial charge is 0.490 e. The molecule has 2 aromatic rings. The molecule has 2 fully saturated rings. The summed E-state index contributed by atoms with van der Waals surface area (Å²) in [5, 5.41) is 0.515. The molecule has 2 atom stereocenters. The Morgan fingerprint density at radius 3 is 2.83 bits per heavy atom. The second-order valence-electron chi connectivity index (χ2n) is 7.44. The van der Waals surface area contributed by atoms with Crippen LogP contribution in [0.1, 0.15) is 36.2 Å². The van der Waals surface area contributed by atoms with Crippen molar-refractivity contribution in [1.82, 2.24) is 9.47 Å². The Morgan fingerprint density at radius 2 is 1.97 bits per heavy atom. The first-order valence-corrected chi connectivity index (χ1v) is 10.5. The third-order valence-corrected chi connectivity index (χ3v) is 5.98. The van der Waals surface area contributed by atoms with Crippen LogP contribution in [0.2, 0.25) is 5.02 Å². The van der Waals surface area contributed by atoms with Gasteiger partial charge in [-0.3, -0.25) is 9.59 Å². The number of fused-ring (bicyclic) bond motifs is 1. The van der Waals surface area contributed by atoms with Crippen molar-refractivity contribution in [2.45, 2.75) is 44.4 Å². The summed E-state index contributed by atoms with van der Waals surface area (Å²) >= 11 is 6.12. The van der Waals surface area contributed by atoms with E-state index < -0.39 is 0 Å². The highest BCUT2D eigenvalue weighted by atomic mass is 35.5. The summed E-state index contributed by atoms with van der Waals surface area (Å²) in [5.74, 6) is 0.449. The van der Waals surface area contributed by atoms with E-state index in [2.05, 4.69) is 0 Å². The lowest BCUT2D eigenvalue weighted by Crippen LogP contribution is -2.55. The number of rotatable bonds is 5. The minimum atomic E-state index is -0.216. The molecule has 154 valence electrons. The number of benzene rings is 1. The van der Waals surface area contributed by atoms with Crippen LogP contribution in [-0.2, 0) is 11.3 Å². The predicted molar refractivity (Wildman–Crippen MR) is 111 cm³/mol. The monoisotopic (exact) mass is 416 g/mol. The van der Waals surface area contributed by atoms with Gasteiger partial charge in [0.25, 0.3) is 11.5 Å². The minimum Gasteiger partial charge on any atom is -0.490 e. The second kappa shape index (κ2) is 9.01. The van der Waals surface area contributed by atoms with Crippen molar-refractivity contribution in [1.29, 1.82) is 0 Å². The number of nitrogens with zero attached hydrogens (tertiary/aromatic N) is 2. The maximum Gasteiger partial charge on any atom is 0.271 e. The Bertz CT molecular complexity index is 927. The minimum absolute atomic E-state index is 0.0909. The van der Waals surface area contributed by atoms with Crippen molar-refractivity contribution in [3.05, 3.63) is 63.5 Å². The Kier molecular flexibility index (Phi) is 6.21. The number of hydrogen-bond donors (Lipinski definition) is 0. The van der Waals surface area contributed by atoms with Gasteiger partial charge >= 0.3 is 0 Å². The van der Waals surface area contributed by atoms with Gasteiger partial charge in [-0.1, -0.05) is 42.6 Å². The van der Waals surface area contributed by atoms with Crippen LogP contribution in [0.4, 0.5) is 0 Å². The quantitative estimate of drug-likeness (QED) is 0.749. The average Bonchev–Trinajstić information content (AvgIpc) is 2.75. The van der Waals surface area contributed by atoms with E-state index in [1.807, 2.05) is 17.0 Å². The van der Waals surface area contributed by atoms with Crippen molar-refractivity contribution in [3.8, 4) is 5.75 Å². The summed E-state index contributed by atoms with van der Waals surface area (Å²) in [6, 6.07) is 12.1. The standard InChI is InChI=1S/C22H25ClN2O4/c23-16-6-1-3-9-19(16)28-14-12-24-18(8-5-11-21(24)26)22(27)25-13-15-29-20-10-4-2-7-17(20)25/h1,3,5-6,8-9,11,17,20H,2,4,7,10,12-15H2/t17-,20+/m1/s1. The number of ether oxygens (including phenoxy) is 2. The summed E-state index contributed by atoms with van der Waals surface area (Å²) in [4.78, 5) is 27.8. The normalized spacial score (nSPS) is 21.5. The summed E-state index contributed by atoms with van der Waals surface area (Å²) in [7, 11) is 0. The molecule has 0 spiro atoms. The van der Waals surface area contributed by atoms with Crippen LogP contribution >= 0.6 is 11.6 Å². The van der Waals surface area contributed by atoms with Gasteiger partial charge in [0.1, 0.15) is 18.1 Å². The Labute approximate surface area is 175 Å². The topological polar surface area (TPSA) is 60.8 Å². The number of para-hydroxylation sites is 1. The Balaban J connectivity index is 1.52. The van der Waals surface area contributed by atoms with Crippen molar-refractivity contribution in [2.24, 2.45) is 0 Å². The van der Waals surface area contributed by atoms with Crippen LogP contribution < -0.4 is 10.3 Å². The van der Waals surface area contributed by atoms with E-state index in [1.165, 1.54) is 10.6 Å². The fourth-order valence-electron chi connectivity index (χ4n) is 4.24. The number of amides is 1. The molecule has 2 heterocycles. The highest BCUT2D eigenvalue weighted by Gasteiger charge is 2.37. The molecule has 7 heteroatoms. The number of hydrogen-bond acceptors (Lipinski definition) is 4. The van der Waals surface area contributed by atoms with E-state index in [9.17, 15) is 9.59 Å². The maximum atomic E-state index is 13.4. The molecule has 1 aromatic heterocycles. The van der Waals surface area contributed by atoms with Gasteiger partial charge in [0, 0.05) is 12.6 Å². The fraction of sp³-hybridized carbons (Fsp3) is 0.455. The van der Waals surface area contributed by atoms with Gasteiger partial charge in [0.15, 0.2) is 0 Å². The number of carbonyl (C=O) groups excluding carboxylic acids is 1. The average molecular weight is 417 g/mol. The van der Waals surface area contributed by atoms with Gasteiger partial charge in [-0.25, -0.2) is 0 Å². The van der Waals surface area contributed by atoms with Crippen molar-refractivity contribution < 1.29 is 14.3 Å².